The van der Waals surface area contributed by atoms with Crippen LogP contribution in [0.4, 0.5) is 11.8 Å². The van der Waals surface area contributed by atoms with Crippen molar-refractivity contribution in [2.75, 3.05) is 23.7 Å². The minimum absolute atomic E-state index is 0.134. The second kappa shape index (κ2) is 6.88. The van der Waals surface area contributed by atoms with Crippen molar-refractivity contribution in [3.8, 4) is 11.1 Å². The largest absolute Gasteiger partial charge is 0.383 e. The fraction of sp³-hybridized carbons (Fsp3) is 0.571. The number of nitrogens with two attached hydrogens (primary N) is 2. The Hall–Kier alpha value is -2.41. The van der Waals surface area contributed by atoms with Crippen LogP contribution in [-0.2, 0) is 7.05 Å². The molecule has 1 saturated heterocycles. The quantitative estimate of drug-likeness (QED) is 0.824. The third-order valence-corrected chi connectivity index (χ3v) is 7.03. The summed E-state index contributed by atoms with van der Waals surface area (Å²) in [5, 5.41) is 0. The number of anilines is 2. The Labute approximate surface area is 165 Å². The fourth-order valence-electron chi connectivity index (χ4n) is 5.09. The lowest BCUT2D eigenvalue weighted by Crippen LogP contribution is -2.49. The summed E-state index contributed by atoms with van der Waals surface area (Å²) >= 11 is 0. The van der Waals surface area contributed by atoms with Crippen molar-refractivity contribution in [1.29, 1.82) is 0 Å². The number of aryl methyl sites for hydroxylation is 1. The predicted octanol–water partition coefficient (Wildman–Crippen LogP) is 2.08. The zero-order valence-electron chi connectivity index (χ0n) is 17.0. The van der Waals surface area contributed by atoms with Crippen LogP contribution < -0.4 is 21.9 Å². The van der Waals surface area contributed by atoms with Crippen molar-refractivity contribution in [2.24, 2.45) is 24.1 Å². The van der Waals surface area contributed by atoms with E-state index in [1.54, 1.807) is 17.8 Å². The molecular formula is C21H30N6O. The van der Waals surface area contributed by atoms with Crippen LogP contribution >= 0.6 is 0 Å². The van der Waals surface area contributed by atoms with E-state index in [4.69, 9.17) is 11.5 Å². The molecule has 2 aromatic rings. The van der Waals surface area contributed by atoms with Crippen molar-refractivity contribution in [1.82, 2.24) is 14.5 Å². The Bertz CT molecular complexity index is 944. The minimum atomic E-state index is -0.134. The number of nitrogens with zero attached hydrogens (tertiary/aromatic N) is 4. The Morgan fingerprint density at radius 3 is 2.57 bits per heavy atom. The van der Waals surface area contributed by atoms with Gasteiger partial charge in [-0.2, -0.15) is 4.98 Å². The molecule has 2 aliphatic rings. The first-order chi connectivity index (χ1) is 13.3. The van der Waals surface area contributed by atoms with Gasteiger partial charge in [-0.05, 0) is 50.0 Å². The number of hydrogen-bond donors (Lipinski definition) is 2. The zero-order chi connectivity index (χ0) is 20.1. The van der Waals surface area contributed by atoms with Gasteiger partial charge in [0.05, 0.1) is 5.56 Å². The van der Waals surface area contributed by atoms with Gasteiger partial charge in [-0.1, -0.05) is 13.0 Å². The molecule has 0 radical (unpaired) electrons. The van der Waals surface area contributed by atoms with E-state index in [2.05, 4.69) is 21.8 Å². The third kappa shape index (κ3) is 2.89. The van der Waals surface area contributed by atoms with Crippen LogP contribution in [0, 0.1) is 18.3 Å². The van der Waals surface area contributed by atoms with Crippen LogP contribution in [0.3, 0.4) is 0 Å². The van der Waals surface area contributed by atoms with Crippen LogP contribution in [0.1, 0.15) is 38.3 Å². The van der Waals surface area contributed by atoms with Gasteiger partial charge in [-0.25, -0.2) is 0 Å². The monoisotopic (exact) mass is 382 g/mol. The molecule has 2 fully saturated rings. The lowest BCUT2D eigenvalue weighted by atomic mass is 9.73. The molecule has 2 atom stereocenters. The van der Waals surface area contributed by atoms with Gasteiger partial charge < -0.3 is 16.4 Å². The second-order valence-corrected chi connectivity index (χ2v) is 8.56. The van der Waals surface area contributed by atoms with E-state index in [0.717, 1.165) is 37.2 Å². The predicted molar refractivity (Wildman–Crippen MR) is 112 cm³/mol. The van der Waals surface area contributed by atoms with Gasteiger partial charge >= 0.3 is 0 Å². The summed E-state index contributed by atoms with van der Waals surface area (Å²) in [6.45, 7) is 5.84. The molecule has 1 aliphatic heterocycles. The number of pyridine rings is 1. The van der Waals surface area contributed by atoms with Gasteiger partial charge in [0.1, 0.15) is 5.82 Å². The van der Waals surface area contributed by atoms with E-state index in [1.807, 2.05) is 19.1 Å². The summed E-state index contributed by atoms with van der Waals surface area (Å²) in [5.74, 6) is 1.50. The summed E-state index contributed by atoms with van der Waals surface area (Å²) in [6.07, 6.45) is 6.20. The van der Waals surface area contributed by atoms with Crippen molar-refractivity contribution in [3.63, 3.8) is 0 Å². The summed E-state index contributed by atoms with van der Waals surface area (Å²) in [6, 6.07) is 3.95. The molecule has 1 spiro atoms. The molecular weight excluding hydrogens is 352 g/mol. The first-order valence-corrected chi connectivity index (χ1v) is 10.1. The number of hydrogen-bond acceptors (Lipinski definition) is 6. The van der Waals surface area contributed by atoms with Gasteiger partial charge in [0, 0.05) is 43.6 Å². The van der Waals surface area contributed by atoms with E-state index in [1.165, 1.54) is 12.8 Å². The highest BCUT2D eigenvalue weighted by Gasteiger charge is 2.46. The zero-order valence-corrected chi connectivity index (χ0v) is 17.0. The van der Waals surface area contributed by atoms with Crippen LogP contribution in [0.25, 0.3) is 11.1 Å². The van der Waals surface area contributed by atoms with E-state index in [9.17, 15) is 4.79 Å². The Morgan fingerprint density at radius 1 is 1.25 bits per heavy atom. The Kier molecular flexibility index (Phi) is 4.65. The van der Waals surface area contributed by atoms with Crippen LogP contribution in [0.5, 0.6) is 0 Å². The van der Waals surface area contributed by atoms with Crippen LogP contribution in [0.15, 0.2) is 23.1 Å². The van der Waals surface area contributed by atoms with E-state index in [-0.39, 0.29) is 22.8 Å². The summed E-state index contributed by atoms with van der Waals surface area (Å²) in [7, 11) is 1.77. The molecule has 0 amide bonds. The highest BCUT2D eigenvalue weighted by atomic mass is 16.1. The average Bonchev–Trinajstić information content (AvgIpc) is 2.96. The van der Waals surface area contributed by atoms with Crippen LogP contribution in [0.2, 0.25) is 0 Å². The standard InChI is InChI=1S/C21H30N6O/c1-13-6-7-21(17(13)22)8-11-27(12-9-21)20-25-18(23)16(19(28)26(20)3)15-5-4-10-24-14(15)2/h4-5,10,13,17H,6-9,11-12,22-23H2,1-3H3/t13-,17-/m1/s1. The Balaban J connectivity index is 1.64. The SMILES string of the molecule is Cc1ncccc1-c1c(N)nc(N2CCC3(CC[C@@H](C)[C@H]3N)CC2)n(C)c1=O. The fourth-order valence-corrected chi connectivity index (χ4v) is 5.09. The van der Waals surface area contributed by atoms with Crippen molar-refractivity contribution < 1.29 is 0 Å². The molecule has 2 aromatic heterocycles. The maximum Gasteiger partial charge on any atom is 0.264 e. The first kappa shape index (κ1) is 18.9. The van der Waals surface area contributed by atoms with Gasteiger partial charge in [0.15, 0.2) is 0 Å². The molecule has 3 heterocycles. The van der Waals surface area contributed by atoms with Gasteiger partial charge in [-0.3, -0.25) is 14.3 Å². The average molecular weight is 383 g/mol. The molecule has 1 aliphatic carbocycles. The van der Waals surface area contributed by atoms with E-state index >= 15 is 0 Å². The molecule has 4 N–H and O–H groups in total. The number of piperidine rings is 1. The maximum absolute atomic E-state index is 13.1. The summed E-state index contributed by atoms with van der Waals surface area (Å²) in [4.78, 5) is 24.2. The lowest BCUT2D eigenvalue weighted by molar-refractivity contribution is 0.185. The molecule has 0 unspecified atom stereocenters. The number of nitrogen functional groups attached to an aromatic ring is 1. The van der Waals surface area contributed by atoms with Crippen molar-refractivity contribution in [3.05, 3.63) is 34.4 Å². The topological polar surface area (TPSA) is 103 Å². The van der Waals surface area contributed by atoms with Gasteiger partial charge in [-0.15, -0.1) is 0 Å². The third-order valence-electron chi connectivity index (χ3n) is 7.03. The molecule has 0 aromatic carbocycles. The summed E-state index contributed by atoms with van der Waals surface area (Å²) in [5.41, 5.74) is 14.8. The Morgan fingerprint density at radius 2 is 1.96 bits per heavy atom. The molecule has 7 heteroatoms. The molecule has 4 rings (SSSR count). The number of aromatic nitrogens is 3. The molecule has 7 nitrogen and oxygen atoms in total. The molecule has 0 bridgehead atoms. The minimum Gasteiger partial charge on any atom is -0.383 e. The number of rotatable bonds is 2. The smallest absolute Gasteiger partial charge is 0.264 e. The van der Waals surface area contributed by atoms with Crippen molar-refractivity contribution >= 4 is 11.8 Å². The van der Waals surface area contributed by atoms with Crippen LogP contribution in [-0.4, -0.2) is 33.7 Å². The first-order valence-electron chi connectivity index (χ1n) is 10.1. The van der Waals surface area contributed by atoms with Gasteiger partial charge in [0.25, 0.3) is 5.56 Å². The molecule has 1 saturated carbocycles. The van der Waals surface area contributed by atoms with E-state index in [0.29, 0.717) is 17.4 Å². The lowest BCUT2D eigenvalue weighted by Gasteiger charge is -2.43. The second-order valence-electron chi connectivity index (χ2n) is 8.56. The highest BCUT2D eigenvalue weighted by Crippen LogP contribution is 2.48. The molecule has 150 valence electrons. The molecule has 28 heavy (non-hydrogen) atoms. The normalized spacial score (nSPS) is 24.1. The van der Waals surface area contributed by atoms with Crippen molar-refractivity contribution in [2.45, 2.75) is 45.6 Å². The maximum atomic E-state index is 13.1. The summed E-state index contributed by atoms with van der Waals surface area (Å²) < 4.78 is 1.62. The van der Waals surface area contributed by atoms with Gasteiger partial charge in [0.2, 0.25) is 5.95 Å². The van der Waals surface area contributed by atoms with E-state index < -0.39 is 0 Å². The highest BCUT2D eigenvalue weighted by molar-refractivity contribution is 5.75.